The van der Waals surface area contributed by atoms with E-state index in [1.165, 1.54) is 5.56 Å². The molecule has 146 valence electrons. The molecule has 2 aromatic rings. The smallest absolute Gasteiger partial charge is 0.239 e. The number of aromatic nitrogens is 1. The third-order valence-corrected chi connectivity index (χ3v) is 5.19. The van der Waals surface area contributed by atoms with Crippen molar-refractivity contribution in [3.8, 4) is 5.75 Å². The van der Waals surface area contributed by atoms with Gasteiger partial charge in [-0.05, 0) is 49.6 Å². The summed E-state index contributed by atoms with van der Waals surface area (Å²) < 4.78 is 0. The number of hydrogen-bond acceptors (Lipinski definition) is 5. The van der Waals surface area contributed by atoms with Gasteiger partial charge < -0.3 is 16.2 Å². The molecule has 2 unspecified atom stereocenters. The molecular formula is C22H26N4O2. The Hall–Kier alpha value is -2.99. The first-order chi connectivity index (χ1) is 13.6. The predicted octanol–water partition coefficient (Wildman–Crippen LogP) is 2.55. The van der Waals surface area contributed by atoms with Gasteiger partial charge in [0.25, 0.3) is 0 Å². The number of benzene rings is 1. The fourth-order valence-electron chi connectivity index (χ4n) is 3.55. The summed E-state index contributed by atoms with van der Waals surface area (Å²) in [5, 5.41) is 13.3. The van der Waals surface area contributed by atoms with E-state index in [0.717, 1.165) is 19.3 Å². The number of carbonyl (C=O) groups excluding carboxylic acids is 1. The number of amides is 1. The zero-order valence-corrected chi connectivity index (χ0v) is 15.8. The summed E-state index contributed by atoms with van der Waals surface area (Å²) in [7, 11) is 0. The van der Waals surface area contributed by atoms with Crippen LogP contribution in [0, 0.1) is 5.41 Å². The maximum absolute atomic E-state index is 11.9. The van der Waals surface area contributed by atoms with Gasteiger partial charge in [0.1, 0.15) is 11.8 Å². The standard InChI is InChI=1S/C22H26N4O2/c23-21(28)20(18-6-1-2-7-19(18)27)26-14-11-22(9-4-13-25-16-22)10-8-17-5-3-12-24-15-17/h1-7,9,12-13,15,20,26-27H,8,10-11,14,16H2,(H2,23,28). The molecule has 1 aliphatic rings. The molecule has 6 heteroatoms. The number of nitrogens with two attached hydrogens (primary N) is 1. The van der Waals surface area contributed by atoms with E-state index >= 15 is 0 Å². The van der Waals surface area contributed by atoms with Crippen LogP contribution in [0.2, 0.25) is 0 Å². The Kier molecular flexibility index (Phi) is 6.55. The second kappa shape index (κ2) is 9.28. The van der Waals surface area contributed by atoms with Crippen LogP contribution in [0.5, 0.6) is 5.75 Å². The number of rotatable bonds is 9. The molecule has 1 aromatic heterocycles. The van der Waals surface area contributed by atoms with E-state index in [9.17, 15) is 9.90 Å². The average molecular weight is 378 g/mol. The molecular weight excluding hydrogens is 352 g/mol. The van der Waals surface area contributed by atoms with E-state index < -0.39 is 11.9 Å². The Labute approximate surface area is 165 Å². The lowest BCUT2D eigenvalue weighted by molar-refractivity contribution is -0.120. The second-order valence-electron chi connectivity index (χ2n) is 7.17. The van der Waals surface area contributed by atoms with Gasteiger partial charge in [0.05, 0.1) is 0 Å². The fourth-order valence-corrected chi connectivity index (χ4v) is 3.55. The second-order valence-corrected chi connectivity index (χ2v) is 7.17. The monoisotopic (exact) mass is 378 g/mol. The zero-order valence-electron chi connectivity index (χ0n) is 15.8. The van der Waals surface area contributed by atoms with Crippen LogP contribution in [0.25, 0.3) is 0 Å². The van der Waals surface area contributed by atoms with Gasteiger partial charge in [0.2, 0.25) is 5.91 Å². The number of aryl methyl sites for hydroxylation is 1. The molecule has 1 amide bonds. The maximum Gasteiger partial charge on any atom is 0.239 e. The van der Waals surface area contributed by atoms with Crippen LogP contribution in [0.1, 0.15) is 30.0 Å². The Morgan fingerprint density at radius 2 is 2.11 bits per heavy atom. The molecule has 0 radical (unpaired) electrons. The number of dihydropyridines is 1. The van der Waals surface area contributed by atoms with Gasteiger partial charge in [-0.3, -0.25) is 14.8 Å². The van der Waals surface area contributed by atoms with Gasteiger partial charge >= 0.3 is 0 Å². The van der Waals surface area contributed by atoms with E-state index in [0.29, 0.717) is 18.7 Å². The van der Waals surface area contributed by atoms with E-state index in [2.05, 4.69) is 27.4 Å². The van der Waals surface area contributed by atoms with Crippen LogP contribution >= 0.6 is 0 Å². The van der Waals surface area contributed by atoms with Crippen LogP contribution in [-0.2, 0) is 11.2 Å². The third-order valence-electron chi connectivity index (χ3n) is 5.19. The molecule has 4 N–H and O–H groups in total. The van der Waals surface area contributed by atoms with Crippen LogP contribution in [0.15, 0.2) is 65.9 Å². The predicted molar refractivity (Wildman–Crippen MR) is 110 cm³/mol. The normalized spacial score (nSPS) is 19.4. The van der Waals surface area contributed by atoms with E-state index in [1.54, 1.807) is 30.5 Å². The first kappa shape index (κ1) is 19.8. The number of allylic oxidation sites excluding steroid dienone is 1. The number of aliphatic imine (C=N–C) groups is 1. The molecule has 0 saturated heterocycles. The molecule has 1 aromatic carbocycles. The summed E-state index contributed by atoms with van der Waals surface area (Å²) in [6.45, 7) is 1.29. The SMILES string of the molecule is NC(=O)C(NCCC1(CCc2cccnc2)C=CC=NC1)c1ccccc1O. The van der Waals surface area contributed by atoms with Crippen molar-refractivity contribution in [1.82, 2.24) is 10.3 Å². The van der Waals surface area contributed by atoms with Crippen molar-refractivity contribution < 1.29 is 9.90 Å². The molecule has 2 atom stereocenters. The van der Waals surface area contributed by atoms with Gasteiger partial charge in [-0.2, -0.15) is 0 Å². The first-order valence-electron chi connectivity index (χ1n) is 9.47. The minimum Gasteiger partial charge on any atom is -0.508 e. The van der Waals surface area contributed by atoms with Crippen LogP contribution in [0.3, 0.4) is 0 Å². The van der Waals surface area contributed by atoms with Crippen molar-refractivity contribution in [1.29, 1.82) is 0 Å². The third kappa shape index (κ3) is 5.04. The van der Waals surface area contributed by atoms with Gasteiger partial charge in [-0.1, -0.05) is 30.3 Å². The highest BCUT2D eigenvalue weighted by atomic mass is 16.3. The quantitative estimate of drug-likeness (QED) is 0.624. The Balaban J connectivity index is 1.64. The Bertz CT molecular complexity index is 851. The molecule has 0 spiro atoms. The number of para-hydroxylation sites is 1. The number of nitrogens with zero attached hydrogens (tertiary/aromatic N) is 2. The summed E-state index contributed by atoms with van der Waals surface area (Å²) in [5.74, 6) is -0.449. The molecule has 3 rings (SSSR count). The van der Waals surface area contributed by atoms with Crippen molar-refractivity contribution in [3.05, 3.63) is 72.1 Å². The number of carbonyl (C=O) groups is 1. The lowest BCUT2D eigenvalue weighted by Crippen LogP contribution is -2.37. The van der Waals surface area contributed by atoms with E-state index in [1.807, 2.05) is 24.6 Å². The van der Waals surface area contributed by atoms with Crippen LogP contribution in [-0.4, -0.2) is 35.3 Å². The van der Waals surface area contributed by atoms with Crippen molar-refractivity contribution in [2.24, 2.45) is 16.1 Å². The largest absolute Gasteiger partial charge is 0.508 e. The Morgan fingerprint density at radius 3 is 2.79 bits per heavy atom. The summed E-state index contributed by atoms with van der Waals surface area (Å²) in [5.41, 5.74) is 7.18. The number of primary amides is 1. The van der Waals surface area contributed by atoms with Crippen LogP contribution in [0.4, 0.5) is 0 Å². The number of nitrogens with one attached hydrogen (secondary N) is 1. The zero-order chi connectivity index (χ0) is 19.8. The Morgan fingerprint density at radius 1 is 1.25 bits per heavy atom. The highest BCUT2D eigenvalue weighted by Gasteiger charge is 2.29. The molecule has 28 heavy (non-hydrogen) atoms. The van der Waals surface area contributed by atoms with Crippen molar-refractivity contribution in [2.75, 3.05) is 13.1 Å². The molecule has 1 aliphatic heterocycles. The van der Waals surface area contributed by atoms with E-state index in [-0.39, 0.29) is 11.2 Å². The van der Waals surface area contributed by atoms with E-state index in [4.69, 9.17) is 5.73 Å². The summed E-state index contributed by atoms with van der Waals surface area (Å²) in [6, 6.07) is 10.1. The van der Waals surface area contributed by atoms with Gasteiger partial charge in [0, 0.05) is 36.1 Å². The van der Waals surface area contributed by atoms with Crippen molar-refractivity contribution in [3.63, 3.8) is 0 Å². The number of phenolic OH excluding ortho intramolecular Hbond substituents is 1. The number of phenols is 1. The number of pyridine rings is 1. The lowest BCUT2D eigenvalue weighted by atomic mass is 9.78. The molecule has 0 bridgehead atoms. The molecule has 2 heterocycles. The highest BCUT2D eigenvalue weighted by molar-refractivity contribution is 5.82. The van der Waals surface area contributed by atoms with Crippen molar-refractivity contribution >= 4 is 12.1 Å². The van der Waals surface area contributed by atoms with Gasteiger partial charge in [0.15, 0.2) is 0 Å². The minimum absolute atomic E-state index is 0.0623. The van der Waals surface area contributed by atoms with Crippen molar-refractivity contribution in [2.45, 2.75) is 25.3 Å². The molecule has 0 saturated carbocycles. The lowest BCUT2D eigenvalue weighted by Gasteiger charge is -2.31. The topological polar surface area (TPSA) is 101 Å². The highest BCUT2D eigenvalue weighted by Crippen LogP contribution is 2.32. The summed E-state index contributed by atoms with van der Waals surface area (Å²) in [6.07, 6.45) is 12.3. The maximum atomic E-state index is 11.9. The summed E-state index contributed by atoms with van der Waals surface area (Å²) >= 11 is 0. The number of hydrogen-bond donors (Lipinski definition) is 3. The fraction of sp³-hybridized carbons (Fsp3) is 0.318. The molecule has 0 fully saturated rings. The molecule has 6 nitrogen and oxygen atoms in total. The first-order valence-corrected chi connectivity index (χ1v) is 9.47. The molecule has 0 aliphatic carbocycles. The van der Waals surface area contributed by atoms with Gasteiger partial charge in [-0.25, -0.2) is 0 Å². The minimum atomic E-state index is -0.729. The average Bonchev–Trinajstić information content (AvgIpc) is 2.72. The number of aromatic hydroxyl groups is 1. The van der Waals surface area contributed by atoms with Crippen LogP contribution < -0.4 is 11.1 Å². The summed E-state index contributed by atoms with van der Waals surface area (Å²) in [4.78, 5) is 20.6. The van der Waals surface area contributed by atoms with Gasteiger partial charge in [-0.15, -0.1) is 0 Å².